The van der Waals surface area contributed by atoms with Gasteiger partial charge >= 0.3 is 0 Å². The second-order valence-corrected chi connectivity index (χ2v) is 8.83. The van der Waals surface area contributed by atoms with Crippen molar-refractivity contribution in [1.82, 2.24) is 0 Å². The first-order valence-corrected chi connectivity index (χ1v) is 10.9. The van der Waals surface area contributed by atoms with Gasteiger partial charge in [0.05, 0.1) is 17.0 Å². The van der Waals surface area contributed by atoms with Gasteiger partial charge in [-0.25, -0.2) is 0 Å². The number of nitrogens with zero attached hydrogens (tertiary/aromatic N) is 1. The number of Topliss-reactive ketones (excluding diaryl/α,β-unsaturated/α-hetero) is 1. The minimum Gasteiger partial charge on any atom is -0.450 e. The molecule has 2 heterocycles. The van der Waals surface area contributed by atoms with E-state index in [1.807, 2.05) is 37.3 Å². The second-order valence-electron chi connectivity index (χ2n) is 7.91. The lowest BCUT2D eigenvalue weighted by Crippen LogP contribution is -2.29. The zero-order valence-corrected chi connectivity index (χ0v) is 19.0. The van der Waals surface area contributed by atoms with Crippen molar-refractivity contribution in [2.75, 3.05) is 4.90 Å². The van der Waals surface area contributed by atoms with Crippen molar-refractivity contribution in [2.45, 2.75) is 19.9 Å². The lowest BCUT2D eigenvalue weighted by molar-refractivity contribution is 0.0970. The molecule has 0 saturated heterocycles. The summed E-state index contributed by atoms with van der Waals surface area (Å²) >= 11 is 3.49. The first kappa shape index (κ1) is 20.4. The molecule has 6 heteroatoms. The van der Waals surface area contributed by atoms with E-state index >= 15 is 0 Å². The van der Waals surface area contributed by atoms with E-state index in [4.69, 9.17) is 4.42 Å². The van der Waals surface area contributed by atoms with Gasteiger partial charge in [-0.15, -0.1) is 0 Å². The van der Waals surface area contributed by atoms with Crippen molar-refractivity contribution in [1.29, 1.82) is 0 Å². The van der Waals surface area contributed by atoms with E-state index in [0.717, 1.165) is 15.6 Å². The molecule has 1 aromatic heterocycles. The van der Waals surface area contributed by atoms with E-state index in [2.05, 4.69) is 15.9 Å². The van der Waals surface area contributed by atoms with Crippen LogP contribution in [-0.4, -0.2) is 11.7 Å². The lowest BCUT2D eigenvalue weighted by atomic mass is 9.98. The molecule has 0 radical (unpaired) electrons. The van der Waals surface area contributed by atoms with Crippen LogP contribution in [0.5, 0.6) is 0 Å². The minimum absolute atomic E-state index is 0.0481. The summed E-state index contributed by atoms with van der Waals surface area (Å²) < 4.78 is 6.83. The quantitative estimate of drug-likeness (QED) is 0.341. The Bertz CT molecular complexity index is 1470. The first-order chi connectivity index (χ1) is 15.3. The lowest BCUT2D eigenvalue weighted by Gasteiger charge is -2.25. The van der Waals surface area contributed by atoms with Crippen molar-refractivity contribution in [3.8, 4) is 0 Å². The van der Waals surface area contributed by atoms with E-state index < -0.39 is 6.04 Å². The van der Waals surface area contributed by atoms with Crippen LogP contribution in [0.4, 0.5) is 5.69 Å². The summed E-state index contributed by atoms with van der Waals surface area (Å²) in [6, 6.07) is 19.0. The molecule has 0 N–H and O–H groups in total. The monoisotopic (exact) mass is 487 g/mol. The van der Waals surface area contributed by atoms with Crippen LogP contribution in [0.3, 0.4) is 0 Å². The van der Waals surface area contributed by atoms with Crippen molar-refractivity contribution < 1.29 is 14.0 Å². The maximum Gasteiger partial charge on any atom is 0.295 e. The number of amides is 1. The largest absolute Gasteiger partial charge is 0.450 e. The van der Waals surface area contributed by atoms with Crippen LogP contribution in [0, 0.1) is 6.92 Å². The molecule has 3 aromatic carbocycles. The van der Waals surface area contributed by atoms with Gasteiger partial charge in [-0.2, -0.15) is 0 Å². The summed E-state index contributed by atoms with van der Waals surface area (Å²) in [5, 5.41) is 0.449. The highest BCUT2D eigenvalue weighted by Gasteiger charge is 2.43. The Morgan fingerprint density at radius 3 is 2.44 bits per heavy atom. The van der Waals surface area contributed by atoms with Gasteiger partial charge in [0.15, 0.2) is 11.2 Å². The molecule has 0 bridgehead atoms. The van der Waals surface area contributed by atoms with E-state index in [9.17, 15) is 14.4 Å². The van der Waals surface area contributed by atoms with E-state index in [0.29, 0.717) is 27.8 Å². The van der Waals surface area contributed by atoms with Crippen LogP contribution in [0.15, 0.2) is 80.4 Å². The Labute approximate surface area is 192 Å². The second kappa shape index (κ2) is 7.57. The number of hydrogen-bond acceptors (Lipinski definition) is 4. The number of rotatable bonds is 3. The molecule has 5 rings (SSSR count). The average Bonchev–Trinajstić information content (AvgIpc) is 3.07. The highest BCUT2D eigenvalue weighted by Crippen LogP contribution is 2.41. The molecule has 4 aromatic rings. The number of carbonyl (C=O) groups excluding carboxylic acids is 2. The molecule has 1 amide bonds. The van der Waals surface area contributed by atoms with Gasteiger partial charge in [0.2, 0.25) is 5.76 Å². The van der Waals surface area contributed by atoms with Crippen LogP contribution in [-0.2, 0) is 0 Å². The Kier molecular flexibility index (Phi) is 4.82. The Morgan fingerprint density at radius 2 is 1.75 bits per heavy atom. The van der Waals surface area contributed by atoms with E-state index in [1.54, 1.807) is 41.3 Å². The fourth-order valence-corrected chi connectivity index (χ4v) is 4.62. The summed E-state index contributed by atoms with van der Waals surface area (Å²) in [5.74, 6) is -0.401. The number of fused-ring (bicyclic) bond motifs is 2. The Morgan fingerprint density at radius 1 is 1.00 bits per heavy atom. The zero-order chi connectivity index (χ0) is 22.6. The molecular weight excluding hydrogens is 470 g/mol. The number of ketones is 1. The molecule has 158 valence electrons. The zero-order valence-electron chi connectivity index (χ0n) is 17.4. The van der Waals surface area contributed by atoms with Crippen LogP contribution >= 0.6 is 15.9 Å². The van der Waals surface area contributed by atoms with Gasteiger partial charge in [-0.1, -0.05) is 39.7 Å². The van der Waals surface area contributed by atoms with Gasteiger partial charge < -0.3 is 4.42 Å². The fraction of sp³-hybridized carbons (Fsp3) is 0.115. The van der Waals surface area contributed by atoms with Gasteiger partial charge in [-0.3, -0.25) is 19.3 Å². The summed E-state index contributed by atoms with van der Waals surface area (Å²) in [7, 11) is 0. The highest BCUT2D eigenvalue weighted by atomic mass is 79.9. The SMILES string of the molecule is CC(=O)c1ccc(N2C(=O)c3oc4ccc(C)cc4c(=O)c3C2c2cccc(Br)c2)cc1. The molecular formula is C26H18BrNO4. The van der Waals surface area contributed by atoms with Crippen LogP contribution < -0.4 is 10.3 Å². The van der Waals surface area contributed by atoms with Crippen molar-refractivity contribution in [2.24, 2.45) is 0 Å². The summed E-state index contributed by atoms with van der Waals surface area (Å²) in [5.41, 5.74) is 3.33. The van der Waals surface area contributed by atoms with E-state index in [1.165, 1.54) is 6.92 Å². The third-order valence-corrected chi connectivity index (χ3v) is 6.24. The summed E-state index contributed by atoms with van der Waals surface area (Å²) in [4.78, 5) is 40.4. The number of anilines is 1. The first-order valence-electron chi connectivity index (χ1n) is 10.1. The summed E-state index contributed by atoms with van der Waals surface area (Å²) in [6.45, 7) is 3.40. The Hall–Kier alpha value is -3.51. The molecule has 0 fully saturated rings. The van der Waals surface area contributed by atoms with Gasteiger partial charge in [0.1, 0.15) is 5.58 Å². The maximum absolute atomic E-state index is 13.6. The smallest absolute Gasteiger partial charge is 0.295 e. The van der Waals surface area contributed by atoms with Gasteiger partial charge in [-0.05, 0) is 67.9 Å². The number of carbonyl (C=O) groups is 2. The molecule has 0 spiro atoms. The van der Waals surface area contributed by atoms with E-state index in [-0.39, 0.29) is 22.9 Å². The molecule has 1 atom stereocenters. The third-order valence-electron chi connectivity index (χ3n) is 5.74. The van der Waals surface area contributed by atoms with Crippen LogP contribution in [0.25, 0.3) is 11.0 Å². The molecule has 0 saturated carbocycles. The standard InChI is InChI=1S/C26H18BrNO4/c1-14-6-11-21-20(12-14)24(30)22-23(17-4-3-5-18(27)13-17)28(26(31)25(22)32-21)19-9-7-16(8-10-19)15(2)29/h3-13,23H,1-2H3. The number of hydrogen-bond donors (Lipinski definition) is 0. The van der Waals surface area contributed by atoms with Crippen LogP contribution in [0.1, 0.15) is 50.6 Å². The number of halogens is 1. The average molecular weight is 488 g/mol. The van der Waals surface area contributed by atoms with Gasteiger partial charge in [0.25, 0.3) is 5.91 Å². The van der Waals surface area contributed by atoms with Crippen LogP contribution in [0.2, 0.25) is 0 Å². The number of benzene rings is 3. The molecule has 1 aliphatic rings. The Balaban J connectivity index is 1.79. The van der Waals surface area contributed by atoms with Crippen molar-refractivity contribution >= 4 is 44.3 Å². The molecule has 0 aliphatic carbocycles. The maximum atomic E-state index is 13.6. The molecule has 32 heavy (non-hydrogen) atoms. The normalized spacial score (nSPS) is 15.3. The minimum atomic E-state index is -0.653. The molecule has 1 unspecified atom stereocenters. The topological polar surface area (TPSA) is 67.6 Å². The predicted molar refractivity (Wildman–Crippen MR) is 126 cm³/mol. The fourth-order valence-electron chi connectivity index (χ4n) is 4.20. The number of aryl methyl sites for hydroxylation is 1. The third kappa shape index (κ3) is 3.19. The van der Waals surface area contributed by atoms with Crippen molar-refractivity contribution in [3.05, 3.63) is 109 Å². The predicted octanol–water partition coefficient (Wildman–Crippen LogP) is 5.82. The molecule has 1 aliphatic heterocycles. The molecule has 5 nitrogen and oxygen atoms in total. The highest BCUT2D eigenvalue weighted by molar-refractivity contribution is 9.10. The summed E-state index contributed by atoms with van der Waals surface area (Å²) in [6.07, 6.45) is 0. The van der Waals surface area contributed by atoms with Gasteiger partial charge in [0, 0.05) is 15.7 Å². The van der Waals surface area contributed by atoms with Crippen molar-refractivity contribution in [3.63, 3.8) is 0 Å².